The van der Waals surface area contributed by atoms with Crippen molar-refractivity contribution < 1.29 is 4.79 Å². The Kier molecular flexibility index (Phi) is 3.47. The van der Waals surface area contributed by atoms with Gasteiger partial charge >= 0.3 is 0 Å². The second-order valence-corrected chi connectivity index (χ2v) is 6.98. The molecule has 1 atom stereocenters. The Hall–Kier alpha value is -2.10. The second-order valence-electron chi connectivity index (χ2n) is 6.98. The minimum Gasteiger partial charge on any atom is -0.311 e. The highest BCUT2D eigenvalue weighted by Gasteiger charge is 2.32. The SMILES string of the molecule is Cc1ccc([C@@H]2CC(=O)Nc3c2cnn3C2CCCC2)cc1C. The molecule has 0 spiro atoms. The summed E-state index contributed by atoms with van der Waals surface area (Å²) in [6.45, 7) is 4.25. The molecule has 2 heterocycles. The number of fused-ring (bicyclic) bond motifs is 1. The predicted octanol–water partition coefficient (Wildman–Crippen LogP) is 4.09. The van der Waals surface area contributed by atoms with E-state index < -0.39 is 0 Å². The van der Waals surface area contributed by atoms with Crippen molar-refractivity contribution in [3.05, 3.63) is 46.6 Å². The van der Waals surface area contributed by atoms with Crippen molar-refractivity contribution in [2.75, 3.05) is 5.32 Å². The highest BCUT2D eigenvalue weighted by atomic mass is 16.1. The van der Waals surface area contributed by atoms with Crippen LogP contribution in [0.3, 0.4) is 0 Å². The summed E-state index contributed by atoms with van der Waals surface area (Å²) in [6.07, 6.45) is 7.32. The van der Waals surface area contributed by atoms with Crippen molar-refractivity contribution in [2.45, 2.75) is 57.9 Å². The number of amides is 1. The predicted molar refractivity (Wildman–Crippen MR) is 90.7 cm³/mol. The summed E-state index contributed by atoms with van der Waals surface area (Å²) < 4.78 is 2.06. The third kappa shape index (κ3) is 2.46. The molecular formula is C19H23N3O. The number of anilines is 1. The lowest BCUT2D eigenvalue weighted by Gasteiger charge is -2.25. The normalized spacial score (nSPS) is 21.3. The summed E-state index contributed by atoms with van der Waals surface area (Å²) in [5.74, 6) is 1.14. The first-order valence-electron chi connectivity index (χ1n) is 8.58. The molecule has 4 nitrogen and oxygen atoms in total. The number of aryl methyl sites for hydroxylation is 2. The van der Waals surface area contributed by atoms with E-state index in [1.54, 1.807) is 0 Å². The van der Waals surface area contributed by atoms with Crippen LogP contribution in [-0.2, 0) is 4.79 Å². The molecule has 1 fully saturated rings. The highest BCUT2D eigenvalue weighted by Crippen LogP contribution is 2.40. The van der Waals surface area contributed by atoms with Crippen LogP contribution in [-0.4, -0.2) is 15.7 Å². The average molecular weight is 309 g/mol. The van der Waals surface area contributed by atoms with Crippen LogP contribution < -0.4 is 5.32 Å². The second kappa shape index (κ2) is 5.52. The molecule has 2 aliphatic rings. The molecule has 1 aliphatic heterocycles. The number of hydrogen-bond donors (Lipinski definition) is 1. The van der Waals surface area contributed by atoms with E-state index in [1.165, 1.54) is 35.1 Å². The van der Waals surface area contributed by atoms with Crippen LogP contribution in [0.15, 0.2) is 24.4 Å². The number of hydrogen-bond acceptors (Lipinski definition) is 2. The Morgan fingerprint density at radius 1 is 1.17 bits per heavy atom. The van der Waals surface area contributed by atoms with Crippen molar-refractivity contribution in [1.29, 1.82) is 0 Å². The van der Waals surface area contributed by atoms with Crippen LogP contribution in [0.5, 0.6) is 0 Å². The zero-order valence-electron chi connectivity index (χ0n) is 13.8. The molecule has 0 unspecified atom stereocenters. The Morgan fingerprint density at radius 2 is 1.96 bits per heavy atom. The van der Waals surface area contributed by atoms with E-state index >= 15 is 0 Å². The van der Waals surface area contributed by atoms with Gasteiger partial charge in [0.25, 0.3) is 0 Å². The molecule has 4 rings (SSSR count). The van der Waals surface area contributed by atoms with Gasteiger partial charge in [0.15, 0.2) is 0 Å². The van der Waals surface area contributed by atoms with Gasteiger partial charge in [-0.15, -0.1) is 0 Å². The third-order valence-electron chi connectivity index (χ3n) is 5.45. The zero-order valence-corrected chi connectivity index (χ0v) is 13.8. The van der Waals surface area contributed by atoms with Crippen molar-refractivity contribution in [1.82, 2.24) is 9.78 Å². The van der Waals surface area contributed by atoms with Crippen LogP contribution in [0, 0.1) is 13.8 Å². The van der Waals surface area contributed by atoms with Gasteiger partial charge in [-0.25, -0.2) is 4.68 Å². The summed E-state index contributed by atoms with van der Waals surface area (Å²) in [5.41, 5.74) is 4.95. The van der Waals surface area contributed by atoms with Crippen molar-refractivity contribution in [3.63, 3.8) is 0 Å². The lowest BCUT2D eigenvalue weighted by atomic mass is 9.86. The monoisotopic (exact) mass is 309 g/mol. The van der Waals surface area contributed by atoms with Crippen LogP contribution in [0.2, 0.25) is 0 Å². The zero-order chi connectivity index (χ0) is 16.0. The first-order valence-corrected chi connectivity index (χ1v) is 8.58. The minimum absolute atomic E-state index is 0.0977. The molecule has 0 bridgehead atoms. The molecule has 0 radical (unpaired) electrons. The summed E-state index contributed by atoms with van der Waals surface area (Å²) in [4.78, 5) is 12.3. The van der Waals surface area contributed by atoms with Gasteiger partial charge < -0.3 is 5.32 Å². The first kappa shape index (κ1) is 14.5. The number of carbonyl (C=O) groups is 1. The van der Waals surface area contributed by atoms with Crippen molar-refractivity contribution in [3.8, 4) is 0 Å². The Balaban J connectivity index is 1.76. The quantitative estimate of drug-likeness (QED) is 0.908. The van der Waals surface area contributed by atoms with Gasteiger partial charge in [-0.05, 0) is 43.4 Å². The molecule has 2 aromatic rings. The standard InChI is InChI=1S/C19H23N3O/c1-12-7-8-14(9-13(12)2)16-10-18(23)21-19-17(16)11-20-22(19)15-5-3-4-6-15/h7-9,11,15-16H,3-6,10H2,1-2H3,(H,21,23)/t16-/m0/s1. The largest absolute Gasteiger partial charge is 0.311 e. The highest BCUT2D eigenvalue weighted by molar-refractivity contribution is 5.94. The van der Waals surface area contributed by atoms with Gasteiger partial charge in [0, 0.05) is 17.9 Å². The number of rotatable bonds is 2. The molecule has 1 saturated carbocycles. The summed E-state index contributed by atoms with van der Waals surface area (Å²) in [5, 5.41) is 7.70. The maximum Gasteiger partial charge on any atom is 0.226 e. The van der Waals surface area contributed by atoms with Gasteiger partial charge in [-0.1, -0.05) is 31.0 Å². The molecule has 23 heavy (non-hydrogen) atoms. The minimum atomic E-state index is 0.0977. The fourth-order valence-corrected chi connectivity index (χ4v) is 3.94. The Bertz CT molecular complexity index is 756. The van der Waals surface area contributed by atoms with Gasteiger partial charge in [0.2, 0.25) is 5.91 Å². The van der Waals surface area contributed by atoms with Gasteiger partial charge in [-0.3, -0.25) is 4.79 Å². The summed E-state index contributed by atoms with van der Waals surface area (Å²) in [7, 11) is 0. The van der Waals surface area contributed by atoms with Crippen LogP contribution in [0.25, 0.3) is 0 Å². The number of carbonyl (C=O) groups excluding carboxylic acids is 1. The van der Waals surface area contributed by atoms with E-state index in [2.05, 4.69) is 47.1 Å². The summed E-state index contributed by atoms with van der Waals surface area (Å²) in [6, 6.07) is 6.97. The van der Waals surface area contributed by atoms with Gasteiger partial charge in [-0.2, -0.15) is 5.10 Å². The average Bonchev–Trinajstić information content (AvgIpc) is 3.17. The Labute approximate surface area is 136 Å². The van der Waals surface area contributed by atoms with E-state index in [1.807, 2.05) is 6.20 Å². The van der Waals surface area contributed by atoms with E-state index in [9.17, 15) is 4.79 Å². The third-order valence-corrected chi connectivity index (χ3v) is 5.45. The number of nitrogens with zero attached hydrogens (tertiary/aromatic N) is 2. The topological polar surface area (TPSA) is 46.9 Å². The molecule has 4 heteroatoms. The van der Waals surface area contributed by atoms with E-state index in [-0.39, 0.29) is 11.8 Å². The van der Waals surface area contributed by atoms with Gasteiger partial charge in [0.1, 0.15) is 5.82 Å². The van der Waals surface area contributed by atoms with Crippen LogP contribution in [0.1, 0.15) is 66.3 Å². The molecule has 1 N–H and O–H groups in total. The van der Waals surface area contributed by atoms with Crippen LogP contribution >= 0.6 is 0 Å². The molecule has 1 aliphatic carbocycles. The van der Waals surface area contributed by atoms with E-state index in [0.717, 1.165) is 18.7 Å². The Morgan fingerprint density at radius 3 is 2.70 bits per heavy atom. The van der Waals surface area contributed by atoms with E-state index in [4.69, 9.17) is 0 Å². The molecule has 0 saturated heterocycles. The molecule has 120 valence electrons. The van der Waals surface area contributed by atoms with Crippen molar-refractivity contribution in [2.24, 2.45) is 0 Å². The molecule has 1 amide bonds. The smallest absolute Gasteiger partial charge is 0.226 e. The number of benzene rings is 1. The van der Waals surface area contributed by atoms with Gasteiger partial charge in [0.05, 0.1) is 12.2 Å². The fraction of sp³-hybridized carbons (Fsp3) is 0.474. The molecule has 1 aromatic heterocycles. The van der Waals surface area contributed by atoms with E-state index in [0.29, 0.717) is 12.5 Å². The number of nitrogens with one attached hydrogen (secondary N) is 1. The maximum atomic E-state index is 12.3. The number of aromatic nitrogens is 2. The van der Waals surface area contributed by atoms with Crippen molar-refractivity contribution >= 4 is 11.7 Å². The molecule has 1 aromatic carbocycles. The lowest BCUT2D eigenvalue weighted by molar-refractivity contribution is -0.116. The lowest BCUT2D eigenvalue weighted by Crippen LogP contribution is -2.25. The first-order chi connectivity index (χ1) is 11.1. The fourth-order valence-electron chi connectivity index (χ4n) is 3.94. The van der Waals surface area contributed by atoms with Crippen LogP contribution in [0.4, 0.5) is 5.82 Å². The maximum absolute atomic E-state index is 12.3. The molecular weight excluding hydrogens is 286 g/mol. The summed E-state index contributed by atoms with van der Waals surface area (Å²) >= 11 is 0.